The Bertz CT molecular complexity index is 706. The predicted molar refractivity (Wildman–Crippen MR) is 76.7 cm³/mol. The molecule has 0 atom stereocenters. The molecule has 0 fully saturated rings. The number of nitrogens with one attached hydrogen (secondary N) is 1. The van der Waals surface area contributed by atoms with Crippen LogP contribution in [0.3, 0.4) is 0 Å². The monoisotopic (exact) mass is 252 g/mol. The Morgan fingerprint density at radius 3 is 3.21 bits per heavy atom. The molecule has 0 bridgehead atoms. The van der Waals surface area contributed by atoms with Gasteiger partial charge in [-0.25, -0.2) is 4.98 Å². The Morgan fingerprint density at radius 1 is 1.37 bits per heavy atom. The van der Waals surface area contributed by atoms with Gasteiger partial charge in [0.15, 0.2) is 0 Å². The van der Waals surface area contributed by atoms with Gasteiger partial charge in [0.25, 0.3) is 0 Å². The number of nitrogens with zero attached hydrogens (tertiary/aromatic N) is 3. The maximum atomic E-state index is 4.41. The van der Waals surface area contributed by atoms with Gasteiger partial charge in [0.05, 0.1) is 6.20 Å². The van der Waals surface area contributed by atoms with Crippen LogP contribution in [0.5, 0.6) is 0 Å². The van der Waals surface area contributed by atoms with E-state index in [-0.39, 0.29) is 0 Å². The van der Waals surface area contributed by atoms with Crippen LogP contribution < -0.4 is 0 Å². The molecule has 0 unspecified atom stereocenters. The fraction of sp³-hybridized carbons (Fsp3) is 0.200. The van der Waals surface area contributed by atoms with Crippen molar-refractivity contribution < 1.29 is 0 Å². The summed E-state index contributed by atoms with van der Waals surface area (Å²) in [7, 11) is 0. The van der Waals surface area contributed by atoms with Crippen molar-refractivity contribution in [2.75, 3.05) is 0 Å². The number of fused-ring (bicyclic) bond motifs is 1. The van der Waals surface area contributed by atoms with E-state index in [1.54, 1.807) is 0 Å². The molecule has 0 aromatic carbocycles. The quantitative estimate of drug-likeness (QED) is 0.723. The summed E-state index contributed by atoms with van der Waals surface area (Å²) in [6.07, 6.45) is 13.0. The van der Waals surface area contributed by atoms with Crippen molar-refractivity contribution in [3.63, 3.8) is 0 Å². The molecule has 3 rings (SSSR count). The van der Waals surface area contributed by atoms with Crippen molar-refractivity contribution in [1.82, 2.24) is 19.7 Å². The van der Waals surface area contributed by atoms with Gasteiger partial charge in [-0.2, -0.15) is 5.10 Å². The van der Waals surface area contributed by atoms with Crippen LogP contribution in [-0.4, -0.2) is 19.7 Å². The molecule has 3 aromatic rings. The number of hydrogen-bond acceptors (Lipinski definition) is 2. The minimum absolute atomic E-state index is 0.908. The number of hydrogen-bond donors (Lipinski definition) is 1. The Kier molecular flexibility index (Phi) is 3.14. The maximum Gasteiger partial charge on any atom is 0.137 e. The lowest BCUT2D eigenvalue weighted by Gasteiger charge is -1.99. The molecule has 0 radical (unpaired) electrons. The van der Waals surface area contributed by atoms with E-state index in [2.05, 4.69) is 39.5 Å². The third kappa shape index (κ3) is 2.29. The third-order valence-electron chi connectivity index (χ3n) is 3.16. The maximum absolute atomic E-state index is 4.41. The number of H-pyrrole nitrogens is 1. The second-order valence-corrected chi connectivity index (χ2v) is 4.45. The Hall–Kier alpha value is -2.36. The van der Waals surface area contributed by atoms with Crippen molar-refractivity contribution in [1.29, 1.82) is 0 Å². The van der Waals surface area contributed by atoms with Gasteiger partial charge >= 0.3 is 0 Å². The third-order valence-corrected chi connectivity index (χ3v) is 3.16. The zero-order valence-corrected chi connectivity index (χ0v) is 10.9. The summed E-state index contributed by atoms with van der Waals surface area (Å²) in [4.78, 5) is 7.43. The van der Waals surface area contributed by atoms with Gasteiger partial charge in [-0.15, -0.1) is 0 Å². The molecule has 19 heavy (non-hydrogen) atoms. The molecule has 4 nitrogen and oxygen atoms in total. The van der Waals surface area contributed by atoms with E-state index < -0.39 is 0 Å². The number of aromatic amines is 1. The number of aryl methyl sites for hydroxylation is 1. The molecule has 0 aliphatic rings. The molecule has 0 amide bonds. The van der Waals surface area contributed by atoms with Gasteiger partial charge in [-0.05, 0) is 31.0 Å². The summed E-state index contributed by atoms with van der Waals surface area (Å²) in [5, 5.41) is 5.54. The summed E-state index contributed by atoms with van der Waals surface area (Å²) >= 11 is 0. The van der Waals surface area contributed by atoms with E-state index in [4.69, 9.17) is 0 Å². The first-order valence-electron chi connectivity index (χ1n) is 6.44. The molecule has 0 aliphatic heterocycles. The molecule has 4 heteroatoms. The average molecular weight is 252 g/mol. The second-order valence-electron chi connectivity index (χ2n) is 4.45. The molecular formula is C15H16N4. The van der Waals surface area contributed by atoms with E-state index in [1.807, 2.05) is 36.3 Å². The van der Waals surface area contributed by atoms with Gasteiger partial charge in [0, 0.05) is 36.1 Å². The van der Waals surface area contributed by atoms with Gasteiger partial charge in [0.1, 0.15) is 5.65 Å². The Balaban J connectivity index is 1.92. The Morgan fingerprint density at radius 2 is 2.32 bits per heavy atom. The smallest absolute Gasteiger partial charge is 0.137 e. The van der Waals surface area contributed by atoms with Crippen LogP contribution in [0.2, 0.25) is 0 Å². The first-order valence-corrected chi connectivity index (χ1v) is 6.44. The fourth-order valence-electron chi connectivity index (χ4n) is 2.21. The molecule has 3 aromatic heterocycles. The number of pyridine rings is 1. The molecular weight excluding hydrogens is 236 g/mol. The first kappa shape index (κ1) is 11.7. The molecule has 1 N–H and O–H groups in total. The van der Waals surface area contributed by atoms with Crippen molar-refractivity contribution in [3.8, 4) is 11.1 Å². The summed E-state index contributed by atoms with van der Waals surface area (Å²) in [6, 6.07) is 4.08. The van der Waals surface area contributed by atoms with E-state index >= 15 is 0 Å². The zero-order chi connectivity index (χ0) is 13.1. The van der Waals surface area contributed by atoms with Crippen molar-refractivity contribution in [2.24, 2.45) is 0 Å². The summed E-state index contributed by atoms with van der Waals surface area (Å²) < 4.78 is 1.98. The highest BCUT2D eigenvalue weighted by Gasteiger charge is 2.07. The highest BCUT2D eigenvalue weighted by Crippen LogP contribution is 2.26. The topological polar surface area (TPSA) is 46.5 Å². The van der Waals surface area contributed by atoms with Gasteiger partial charge in [-0.1, -0.05) is 12.2 Å². The molecule has 0 saturated carbocycles. The SMILES string of the molecule is C/C=C/CCn1cc(-c2ccnc3[nH]ccc23)cn1. The Labute approximate surface area is 111 Å². The van der Waals surface area contributed by atoms with Crippen LogP contribution in [0.15, 0.2) is 49.1 Å². The van der Waals surface area contributed by atoms with Gasteiger partial charge in [0.2, 0.25) is 0 Å². The van der Waals surface area contributed by atoms with Crippen LogP contribution in [-0.2, 0) is 6.54 Å². The summed E-state index contributed by atoms with van der Waals surface area (Å²) in [5.41, 5.74) is 3.22. The van der Waals surface area contributed by atoms with Crippen LogP contribution in [0.4, 0.5) is 0 Å². The van der Waals surface area contributed by atoms with Crippen molar-refractivity contribution >= 4 is 11.0 Å². The molecule has 0 aliphatic carbocycles. The van der Waals surface area contributed by atoms with Gasteiger partial charge < -0.3 is 4.98 Å². The number of allylic oxidation sites excluding steroid dienone is 2. The minimum Gasteiger partial charge on any atom is -0.346 e. The van der Waals surface area contributed by atoms with Crippen molar-refractivity contribution in [3.05, 3.63) is 49.1 Å². The number of rotatable bonds is 4. The normalized spacial score (nSPS) is 11.6. The summed E-state index contributed by atoms with van der Waals surface area (Å²) in [5.74, 6) is 0. The molecule has 0 spiro atoms. The lowest BCUT2D eigenvalue weighted by molar-refractivity contribution is 0.623. The highest BCUT2D eigenvalue weighted by molar-refractivity contribution is 5.92. The summed E-state index contributed by atoms with van der Waals surface area (Å²) in [6.45, 7) is 2.94. The van der Waals surface area contributed by atoms with E-state index in [0.717, 1.165) is 29.6 Å². The van der Waals surface area contributed by atoms with Crippen LogP contribution in [0.1, 0.15) is 13.3 Å². The van der Waals surface area contributed by atoms with Gasteiger partial charge in [-0.3, -0.25) is 4.68 Å². The van der Waals surface area contributed by atoms with E-state index in [1.165, 1.54) is 5.56 Å². The van der Waals surface area contributed by atoms with Crippen LogP contribution in [0, 0.1) is 0 Å². The minimum atomic E-state index is 0.908. The largest absolute Gasteiger partial charge is 0.346 e. The molecule has 3 heterocycles. The first-order chi connectivity index (χ1) is 9.38. The lowest BCUT2D eigenvalue weighted by Crippen LogP contribution is -1.96. The fourth-order valence-corrected chi connectivity index (χ4v) is 2.21. The van der Waals surface area contributed by atoms with E-state index in [0.29, 0.717) is 0 Å². The standard InChI is InChI=1S/C15H16N4/c1-2-3-4-9-19-11-12(10-18-19)13-5-7-16-15-14(13)6-8-17-15/h2-3,5-8,10-11H,4,9H2,1H3,(H,16,17)/b3-2+. The number of aromatic nitrogens is 4. The van der Waals surface area contributed by atoms with Crippen LogP contribution in [0.25, 0.3) is 22.2 Å². The molecule has 96 valence electrons. The van der Waals surface area contributed by atoms with Crippen LogP contribution >= 0.6 is 0 Å². The second kappa shape index (κ2) is 5.10. The lowest BCUT2D eigenvalue weighted by atomic mass is 10.1. The predicted octanol–water partition coefficient (Wildman–Crippen LogP) is 3.39. The van der Waals surface area contributed by atoms with Crippen molar-refractivity contribution in [2.45, 2.75) is 19.9 Å². The highest BCUT2D eigenvalue weighted by atomic mass is 15.3. The molecule has 0 saturated heterocycles. The zero-order valence-electron chi connectivity index (χ0n) is 10.9. The average Bonchev–Trinajstić information content (AvgIpc) is 3.07. The van der Waals surface area contributed by atoms with E-state index in [9.17, 15) is 0 Å².